The molecule has 0 bridgehead atoms. The highest BCUT2D eigenvalue weighted by atomic mass is 16.2. The van der Waals surface area contributed by atoms with Crippen LogP contribution in [0, 0.1) is 5.92 Å². The molecule has 0 aromatic heterocycles. The first-order valence-electron chi connectivity index (χ1n) is 9.46. The molecule has 0 spiro atoms. The number of hydrogen-bond acceptors (Lipinski definition) is 3. The first kappa shape index (κ1) is 18.6. The van der Waals surface area contributed by atoms with Gasteiger partial charge in [-0.15, -0.1) is 0 Å². The smallest absolute Gasteiger partial charge is 0.253 e. The molecule has 0 aliphatic carbocycles. The minimum atomic E-state index is 0.143. The lowest BCUT2D eigenvalue weighted by Gasteiger charge is -2.34. The average molecular weight is 351 g/mol. The van der Waals surface area contributed by atoms with Gasteiger partial charge >= 0.3 is 0 Å². The third-order valence-electron chi connectivity index (χ3n) is 5.20. The van der Waals surface area contributed by atoms with Crippen molar-refractivity contribution in [2.24, 2.45) is 11.7 Å². The van der Waals surface area contributed by atoms with Gasteiger partial charge in [0.2, 0.25) is 0 Å². The van der Waals surface area contributed by atoms with E-state index >= 15 is 0 Å². The molecular weight excluding hydrogens is 322 g/mol. The van der Waals surface area contributed by atoms with Gasteiger partial charge in [-0.25, -0.2) is 0 Å². The molecule has 4 heteroatoms. The van der Waals surface area contributed by atoms with Crippen LogP contribution in [0.1, 0.15) is 34.3 Å². The number of carbonyl (C=O) groups excluding carboxylic acids is 1. The lowest BCUT2D eigenvalue weighted by molar-refractivity contribution is 0.0672. The van der Waals surface area contributed by atoms with E-state index in [9.17, 15) is 4.79 Å². The molecule has 0 radical (unpaired) electrons. The second-order valence-electron chi connectivity index (χ2n) is 7.32. The number of nitrogens with zero attached hydrogens (tertiary/aromatic N) is 2. The maximum Gasteiger partial charge on any atom is 0.253 e. The van der Waals surface area contributed by atoms with Crippen molar-refractivity contribution in [2.45, 2.75) is 25.9 Å². The maximum atomic E-state index is 12.7. The molecular formula is C22H29N3O. The summed E-state index contributed by atoms with van der Waals surface area (Å²) in [7, 11) is 2.18. The van der Waals surface area contributed by atoms with Crippen molar-refractivity contribution in [3.63, 3.8) is 0 Å². The summed E-state index contributed by atoms with van der Waals surface area (Å²) in [5.41, 5.74) is 8.80. The number of likely N-dealkylation sites (tertiary alicyclic amines) is 1. The Morgan fingerprint density at radius 3 is 2.31 bits per heavy atom. The summed E-state index contributed by atoms with van der Waals surface area (Å²) in [6.45, 7) is 4.27. The summed E-state index contributed by atoms with van der Waals surface area (Å²) in [5.74, 6) is 0.803. The van der Waals surface area contributed by atoms with Gasteiger partial charge in [0.1, 0.15) is 0 Å². The molecule has 1 amide bonds. The molecule has 0 saturated carbocycles. The molecule has 1 heterocycles. The van der Waals surface area contributed by atoms with Gasteiger partial charge in [0.25, 0.3) is 5.91 Å². The van der Waals surface area contributed by atoms with Gasteiger partial charge in [-0.3, -0.25) is 4.79 Å². The quantitative estimate of drug-likeness (QED) is 0.870. The van der Waals surface area contributed by atoms with E-state index < -0.39 is 0 Å². The van der Waals surface area contributed by atoms with Gasteiger partial charge in [-0.2, -0.15) is 0 Å². The minimum absolute atomic E-state index is 0.143. The predicted octanol–water partition coefficient (Wildman–Crippen LogP) is 3.13. The zero-order valence-electron chi connectivity index (χ0n) is 15.6. The van der Waals surface area contributed by atoms with Crippen LogP contribution in [0.4, 0.5) is 0 Å². The Morgan fingerprint density at radius 1 is 1.04 bits per heavy atom. The number of amides is 1. The second kappa shape index (κ2) is 8.97. The summed E-state index contributed by atoms with van der Waals surface area (Å²) in [4.78, 5) is 17.0. The van der Waals surface area contributed by atoms with Crippen LogP contribution in [0.5, 0.6) is 0 Å². The molecule has 1 aliphatic rings. The molecule has 1 fully saturated rings. The molecule has 2 N–H and O–H groups in total. The highest BCUT2D eigenvalue weighted by Crippen LogP contribution is 2.20. The van der Waals surface area contributed by atoms with Crippen LogP contribution < -0.4 is 5.73 Å². The molecule has 138 valence electrons. The van der Waals surface area contributed by atoms with Crippen molar-refractivity contribution < 1.29 is 4.79 Å². The summed E-state index contributed by atoms with van der Waals surface area (Å²) < 4.78 is 0. The molecule has 4 nitrogen and oxygen atoms in total. The largest absolute Gasteiger partial charge is 0.339 e. The third kappa shape index (κ3) is 4.93. The van der Waals surface area contributed by atoms with Crippen LogP contribution >= 0.6 is 0 Å². The van der Waals surface area contributed by atoms with E-state index in [0.29, 0.717) is 12.5 Å². The monoisotopic (exact) mass is 351 g/mol. The molecule has 2 aromatic rings. The lowest BCUT2D eigenvalue weighted by atomic mass is 9.95. The number of nitrogens with two attached hydrogens (primary N) is 1. The molecule has 1 saturated heterocycles. The first-order chi connectivity index (χ1) is 12.7. The zero-order valence-corrected chi connectivity index (χ0v) is 15.6. The Labute approximate surface area is 156 Å². The molecule has 0 unspecified atom stereocenters. The Bertz CT molecular complexity index is 691. The van der Waals surface area contributed by atoms with E-state index in [2.05, 4.69) is 42.3 Å². The van der Waals surface area contributed by atoms with Crippen LogP contribution in [-0.2, 0) is 13.1 Å². The van der Waals surface area contributed by atoms with E-state index in [4.69, 9.17) is 5.73 Å². The van der Waals surface area contributed by atoms with E-state index in [1.165, 1.54) is 5.56 Å². The van der Waals surface area contributed by atoms with Crippen molar-refractivity contribution in [3.8, 4) is 0 Å². The van der Waals surface area contributed by atoms with Crippen LogP contribution in [0.3, 0.4) is 0 Å². The second-order valence-corrected chi connectivity index (χ2v) is 7.32. The number of carbonyl (C=O) groups is 1. The van der Waals surface area contributed by atoms with E-state index in [-0.39, 0.29) is 5.91 Å². The summed E-state index contributed by atoms with van der Waals surface area (Å²) >= 11 is 0. The predicted molar refractivity (Wildman–Crippen MR) is 106 cm³/mol. The van der Waals surface area contributed by atoms with Crippen LogP contribution in [0.25, 0.3) is 0 Å². The van der Waals surface area contributed by atoms with Gasteiger partial charge in [0, 0.05) is 38.3 Å². The van der Waals surface area contributed by atoms with Gasteiger partial charge in [0.15, 0.2) is 0 Å². The average Bonchev–Trinajstić information content (AvgIpc) is 2.69. The van der Waals surface area contributed by atoms with Crippen LogP contribution in [0.2, 0.25) is 0 Å². The zero-order chi connectivity index (χ0) is 18.4. The van der Waals surface area contributed by atoms with Gasteiger partial charge in [-0.05, 0) is 49.1 Å². The van der Waals surface area contributed by atoms with Crippen molar-refractivity contribution in [3.05, 3.63) is 71.3 Å². The normalized spacial score (nSPS) is 15.4. The molecule has 3 rings (SSSR count). The van der Waals surface area contributed by atoms with E-state index in [1.54, 1.807) is 0 Å². The number of piperidine rings is 1. The van der Waals surface area contributed by atoms with Crippen molar-refractivity contribution in [1.29, 1.82) is 0 Å². The number of rotatable bonds is 6. The van der Waals surface area contributed by atoms with Gasteiger partial charge < -0.3 is 15.5 Å². The maximum absolute atomic E-state index is 12.7. The Hall–Kier alpha value is -2.17. The lowest BCUT2D eigenvalue weighted by Crippen LogP contribution is -2.41. The van der Waals surface area contributed by atoms with Crippen molar-refractivity contribution >= 4 is 5.91 Å². The summed E-state index contributed by atoms with van der Waals surface area (Å²) in [6, 6.07) is 18.3. The van der Waals surface area contributed by atoms with E-state index in [1.807, 2.05) is 29.2 Å². The fourth-order valence-electron chi connectivity index (χ4n) is 3.69. The SMILES string of the molecule is CN(Cc1ccccc1)CC1CCN(C(=O)c2ccc(CN)cc2)CC1. The first-order valence-corrected chi connectivity index (χ1v) is 9.46. The fraction of sp³-hybridized carbons (Fsp3) is 0.409. The highest BCUT2D eigenvalue weighted by molar-refractivity contribution is 5.94. The Balaban J connectivity index is 1.46. The van der Waals surface area contributed by atoms with E-state index in [0.717, 1.165) is 50.1 Å². The van der Waals surface area contributed by atoms with Crippen molar-refractivity contribution in [2.75, 3.05) is 26.7 Å². The number of benzene rings is 2. The number of hydrogen-bond donors (Lipinski definition) is 1. The standard InChI is InChI=1S/C22H29N3O/c1-24(16-19-5-3-2-4-6-19)17-20-11-13-25(14-12-20)22(26)21-9-7-18(15-23)8-10-21/h2-10,20H,11-17,23H2,1H3. The molecule has 2 aromatic carbocycles. The molecule has 0 atom stereocenters. The van der Waals surface area contributed by atoms with Crippen molar-refractivity contribution in [1.82, 2.24) is 9.80 Å². The topological polar surface area (TPSA) is 49.6 Å². The molecule has 1 aliphatic heterocycles. The van der Waals surface area contributed by atoms with Crippen LogP contribution in [0.15, 0.2) is 54.6 Å². The highest BCUT2D eigenvalue weighted by Gasteiger charge is 2.24. The van der Waals surface area contributed by atoms with Gasteiger partial charge in [-0.1, -0.05) is 42.5 Å². The third-order valence-corrected chi connectivity index (χ3v) is 5.20. The van der Waals surface area contributed by atoms with Gasteiger partial charge in [0.05, 0.1) is 0 Å². The Morgan fingerprint density at radius 2 is 1.69 bits per heavy atom. The molecule has 26 heavy (non-hydrogen) atoms. The fourth-order valence-corrected chi connectivity index (χ4v) is 3.69. The summed E-state index contributed by atoms with van der Waals surface area (Å²) in [5, 5.41) is 0. The Kier molecular flexibility index (Phi) is 6.42. The van der Waals surface area contributed by atoms with Crippen LogP contribution in [-0.4, -0.2) is 42.4 Å². The minimum Gasteiger partial charge on any atom is -0.339 e. The summed E-state index contributed by atoms with van der Waals surface area (Å²) in [6.07, 6.45) is 2.15.